The zero-order valence-corrected chi connectivity index (χ0v) is 20.1. The molecule has 5 amide bonds. The topological polar surface area (TPSA) is 139 Å². The van der Waals surface area contributed by atoms with Gasteiger partial charge in [-0.25, -0.2) is 4.79 Å². The van der Waals surface area contributed by atoms with Crippen LogP contribution in [0.15, 0.2) is 47.5 Å². The SMILES string of the molecule is CSc1cccc(NC(=O)N[C@H]2CCN(C(=O)c3cccn3C)[C@@H]2C(=O)NCCCC(N)=O)c1. The van der Waals surface area contributed by atoms with E-state index in [4.69, 9.17) is 5.73 Å². The molecule has 2 atom stereocenters. The van der Waals surface area contributed by atoms with Gasteiger partial charge in [0.25, 0.3) is 5.91 Å². The van der Waals surface area contributed by atoms with Crippen LogP contribution in [0.25, 0.3) is 0 Å². The van der Waals surface area contributed by atoms with E-state index >= 15 is 0 Å². The fourth-order valence-corrected chi connectivity index (χ4v) is 4.40. The molecule has 1 fully saturated rings. The first-order chi connectivity index (χ1) is 16.3. The van der Waals surface area contributed by atoms with Crippen molar-refractivity contribution < 1.29 is 19.2 Å². The van der Waals surface area contributed by atoms with Gasteiger partial charge in [-0.1, -0.05) is 6.07 Å². The number of aromatic nitrogens is 1. The number of carbonyl (C=O) groups is 4. The molecule has 0 spiro atoms. The van der Waals surface area contributed by atoms with Gasteiger partial charge in [-0.15, -0.1) is 11.8 Å². The Kier molecular flexibility index (Phi) is 8.58. The molecular weight excluding hydrogens is 456 g/mol. The number of nitrogens with zero attached hydrogens (tertiary/aromatic N) is 2. The first-order valence-corrected chi connectivity index (χ1v) is 12.2. The minimum Gasteiger partial charge on any atom is -0.370 e. The minimum absolute atomic E-state index is 0.149. The van der Waals surface area contributed by atoms with Crippen LogP contribution in [0.5, 0.6) is 0 Å². The van der Waals surface area contributed by atoms with E-state index in [2.05, 4.69) is 16.0 Å². The highest BCUT2D eigenvalue weighted by atomic mass is 32.2. The van der Waals surface area contributed by atoms with Gasteiger partial charge in [0.05, 0.1) is 6.04 Å². The lowest BCUT2D eigenvalue weighted by molar-refractivity contribution is -0.125. The minimum atomic E-state index is -0.890. The molecule has 10 nitrogen and oxygen atoms in total. The number of urea groups is 1. The zero-order chi connectivity index (χ0) is 24.7. The van der Waals surface area contributed by atoms with E-state index in [0.717, 1.165) is 4.90 Å². The smallest absolute Gasteiger partial charge is 0.319 e. The maximum absolute atomic E-state index is 13.2. The predicted molar refractivity (Wildman–Crippen MR) is 130 cm³/mol. The second-order valence-corrected chi connectivity index (χ2v) is 8.91. The van der Waals surface area contributed by atoms with E-state index in [0.29, 0.717) is 30.8 Å². The fraction of sp³-hybridized carbons (Fsp3) is 0.391. The summed E-state index contributed by atoms with van der Waals surface area (Å²) in [5.41, 5.74) is 6.24. The number of hydrogen-bond acceptors (Lipinski definition) is 5. The molecule has 2 aromatic rings. The molecule has 11 heteroatoms. The van der Waals surface area contributed by atoms with Gasteiger partial charge < -0.3 is 31.2 Å². The van der Waals surface area contributed by atoms with Crippen molar-refractivity contribution in [2.24, 2.45) is 12.8 Å². The molecule has 1 aromatic heterocycles. The van der Waals surface area contributed by atoms with Gasteiger partial charge in [0.2, 0.25) is 11.8 Å². The molecule has 1 saturated heterocycles. The van der Waals surface area contributed by atoms with Crippen LogP contribution in [0, 0.1) is 0 Å². The number of aryl methyl sites for hydroxylation is 1. The highest BCUT2D eigenvalue weighted by molar-refractivity contribution is 7.98. The van der Waals surface area contributed by atoms with Crippen molar-refractivity contribution in [3.63, 3.8) is 0 Å². The second kappa shape index (κ2) is 11.6. The molecule has 1 aliphatic heterocycles. The fourth-order valence-electron chi connectivity index (χ4n) is 3.94. The van der Waals surface area contributed by atoms with Gasteiger partial charge in [-0.3, -0.25) is 14.4 Å². The van der Waals surface area contributed by atoms with E-state index in [1.165, 1.54) is 4.90 Å². The third-order valence-corrected chi connectivity index (χ3v) is 6.36. The molecule has 0 radical (unpaired) electrons. The number of amides is 5. The number of rotatable bonds is 9. The molecular formula is C23H30N6O4S. The van der Waals surface area contributed by atoms with Crippen molar-refractivity contribution in [2.75, 3.05) is 24.7 Å². The number of anilines is 1. The third-order valence-electron chi connectivity index (χ3n) is 5.63. The highest BCUT2D eigenvalue weighted by Crippen LogP contribution is 2.23. The normalized spacial score (nSPS) is 17.3. The molecule has 0 unspecified atom stereocenters. The number of nitrogens with two attached hydrogens (primary N) is 1. The van der Waals surface area contributed by atoms with Crippen molar-refractivity contribution >= 4 is 41.2 Å². The van der Waals surface area contributed by atoms with Crippen LogP contribution in [-0.4, -0.2) is 64.6 Å². The quantitative estimate of drug-likeness (QED) is 0.315. The van der Waals surface area contributed by atoms with E-state index in [9.17, 15) is 19.2 Å². The van der Waals surface area contributed by atoms with Crippen molar-refractivity contribution in [1.29, 1.82) is 0 Å². The van der Waals surface area contributed by atoms with Crippen molar-refractivity contribution in [3.05, 3.63) is 48.3 Å². The van der Waals surface area contributed by atoms with Gasteiger partial charge in [-0.2, -0.15) is 0 Å². The molecule has 0 aliphatic carbocycles. The molecule has 1 aromatic carbocycles. The standard InChI is InChI=1S/C23H30N6O4S/c1-28-12-5-8-18(28)22(32)29-13-10-17(20(29)21(31)25-11-4-9-19(24)30)27-23(33)26-15-6-3-7-16(14-15)34-2/h3,5-8,12,14,17,20H,4,9-11,13H2,1-2H3,(H2,24,30)(H,25,31)(H2,26,27,33)/t17-,20-/m0/s1. The van der Waals surface area contributed by atoms with Gasteiger partial charge >= 0.3 is 6.03 Å². The highest BCUT2D eigenvalue weighted by Gasteiger charge is 2.43. The Hall–Kier alpha value is -3.47. The van der Waals surface area contributed by atoms with E-state index in [1.807, 2.05) is 24.5 Å². The summed E-state index contributed by atoms with van der Waals surface area (Å²) < 4.78 is 1.69. The molecule has 34 heavy (non-hydrogen) atoms. The molecule has 0 bridgehead atoms. The number of primary amides is 1. The van der Waals surface area contributed by atoms with E-state index in [-0.39, 0.29) is 24.8 Å². The van der Waals surface area contributed by atoms with E-state index < -0.39 is 24.0 Å². The zero-order valence-electron chi connectivity index (χ0n) is 19.2. The van der Waals surface area contributed by atoms with Crippen LogP contribution in [0.1, 0.15) is 29.8 Å². The van der Waals surface area contributed by atoms with Gasteiger partial charge in [0, 0.05) is 43.3 Å². The third kappa shape index (κ3) is 6.31. The van der Waals surface area contributed by atoms with Crippen molar-refractivity contribution in [2.45, 2.75) is 36.2 Å². The molecule has 0 saturated carbocycles. The largest absolute Gasteiger partial charge is 0.370 e. The van der Waals surface area contributed by atoms with Gasteiger partial charge in [0.15, 0.2) is 0 Å². The number of nitrogens with one attached hydrogen (secondary N) is 3. The lowest BCUT2D eigenvalue weighted by atomic mass is 10.1. The van der Waals surface area contributed by atoms with Crippen molar-refractivity contribution in [1.82, 2.24) is 20.1 Å². The summed E-state index contributed by atoms with van der Waals surface area (Å²) in [6.45, 7) is 0.557. The Balaban J connectivity index is 1.72. The predicted octanol–water partition coefficient (Wildman–Crippen LogP) is 1.53. The lowest BCUT2D eigenvalue weighted by Gasteiger charge is -2.28. The number of benzene rings is 1. The number of hydrogen-bond donors (Lipinski definition) is 4. The van der Waals surface area contributed by atoms with Gasteiger partial charge in [-0.05, 0) is 49.4 Å². The van der Waals surface area contributed by atoms with Crippen LogP contribution in [0.4, 0.5) is 10.5 Å². The monoisotopic (exact) mass is 486 g/mol. The van der Waals surface area contributed by atoms with Crippen LogP contribution >= 0.6 is 11.8 Å². The lowest BCUT2D eigenvalue weighted by Crippen LogP contribution is -2.55. The Morgan fingerprint density at radius 2 is 1.97 bits per heavy atom. The molecule has 2 heterocycles. The van der Waals surface area contributed by atoms with Crippen LogP contribution in [0.3, 0.4) is 0 Å². The number of carbonyl (C=O) groups excluding carboxylic acids is 4. The Morgan fingerprint density at radius 1 is 1.18 bits per heavy atom. The summed E-state index contributed by atoms with van der Waals surface area (Å²) in [6.07, 6.45) is 4.67. The maximum atomic E-state index is 13.2. The summed E-state index contributed by atoms with van der Waals surface area (Å²) in [6, 6.07) is 8.95. The molecule has 1 aliphatic rings. The number of likely N-dealkylation sites (tertiary alicyclic amines) is 1. The average molecular weight is 487 g/mol. The Labute approximate surface area is 202 Å². The average Bonchev–Trinajstić information content (AvgIpc) is 3.42. The summed E-state index contributed by atoms with van der Waals surface area (Å²) >= 11 is 1.56. The maximum Gasteiger partial charge on any atom is 0.319 e. The molecule has 5 N–H and O–H groups in total. The van der Waals surface area contributed by atoms with Crippen LogP contribution in [-0.2, 0) is 16.6 Å². The second-order valence-electron chi connectivity index (χ2n) is 8.03. The van der Waals surface area contributed by atoms with E-state index in [1.54, 1.807) is 47.8 Å². The molecule has 3 rings (SSSR count). The summed E-state index contributed by atoms with van der Waals surface area (Å²) in [4.78, 5) is 52.4. The summed E-state index contributed by atoms with van der Waals surface area (Å²) in [5.74, 6) is -1.13. The first-order valence-electron chi connectivity index (χ1n) is 11.0. The van der Waals surface area contributed by atoms with Crippen LogP contribution in [0.2, 0.25) is 0 Å². The summed E-state index contributed by atoms with van der Waals surface area (Å²) in [5, 5.41) is 8.42. The van der Waals surface area contributed by atoms with Crippen molar-refractivity contribution in [3.8, 4) is 0 Å². The molecule has 182 valence electrons. The first kappa shape index (κ1) is 25.2. The Bertz CT molecular complexity index is 1060. The van der Waals surface area contributed by atoms with Gasteiger partial charge in [0.1, 0.15) is 11.7 Å². The number of thioether (sulfide) groups is 1. The summed E-state index contributed by atoms with van der Waals surface area (Å²) in [7, 11) is 1.76. The Morgan fingerprint density at radius 3 is 2.65 bits per heavy atom. The van der Waals surface area contributed by atoms with Crippen LogP contribution < -0.4 is 21.7 Å².